The van der Waals surface area contributed by atoms with E-state index in [9.17, 15) is 9.90 Å². The molecule has 0 aromatic rings. The Morgan fingerprint density at radius 1 is 1.27 bits per heavy atom. The molecule has 0 amide bonds. The van der Waals surface area contributed by atoms with E-state index in [2.05, 4.69) is 10.2 Å². The molecule has 4 aliphatic heterocycles. The summed E-state index contributed by atoms with van der Waals surface area (Å²) in [5.74, 6) is -0.0134. The summed E-state index contributed by atoms with van der Waals surface area (Å²) in [6, 6.07) is 0.714. The predicted octanol–water partition coefficient (Wildman–Crippen LogP) is 0.143. The van der Waals surface area contributed by atoms with Crippen molar-refractivity contribution in [3.63, 3.8) is 0 Å². The predicted molar refractivity (Wildman–Crippen MR) is 55.6 cm³/mol. The first-order valence-corrected chi connectivity index (χ1v) is 5.97. The molecule has 15 heavy (non-hydrogen) atoms. The van der Waals surface area contributed by atoms with Gasteiger partial charge in [-0.15, -0.1) is 0 Å². The molecule has 4 saturated heterocycles. The number of hydrogen-bond donors (Lipinski definition) is 2. The zero-order chi connectivity index (χ0) is 10.4. The van der Waals surface area contributed by atoms with E-state index in [0.717, 1.165) is 32.0 Å². The van der Waals surface area contributed by atoms with Crippen LogP contribution in [0.15, 0.2) is 0 Å². The van der Waals surface area contributed by atoms with Crippen LogP contribution >= 0.6 is 0 Å². The highest BCUT2D eigenvalue weighted by Crippen LogP contribution is 2.38. The minimum absolute atomic E-state index is 0.139. The lowest BCUT2D eigenvalue weighted by molar-refractivity contribution is -0.149. The summed E-state index contributed by atoms with van der Waals surface area (Å²) in [5, 5.41) is 12.8. The van der Waals surface area contributed by atoms with E-state index in [0.29, 0.717) is 6.04 Å². The van der Waals surface area contributed by atoms with Crippen LogP contribution in [-0.4, -0.2) is 47.7 Å². The molecule has 4 heterocycles. The summed E-state index contributed by atoms with van der Waals surface area (Å²) in [4.78, 5) is 13.6. The van der Waals surface area contributed by atoms with E-state index >= 15 is 0 Å². The van der Waals surface area contributed by atoms with Gasteiger partial charge in [0.25, 0.3) is 0 Å². The summed E-state index contributed by atoms with van der Waals surface area (Å²) in [5.41, 5.74) is 0. The highest BCUT2D eigenvalue weighted by molar-refractivity contribution is 5.71. The molecule has 84 valence electrons. The molecule has 3 atom stereocenters. The summed E-state index contributed by atoms with van der Waals surface area (Å²) in [7, 11) is 0. The van der Waals surface area contributed by atoms with Gasteiger partial charge in [-0.1, -0.05) is 0 Å². The molecular formula is C11H18N2O2. The van der Waals surface area contributed by atoms with Crippen molar-refractivity contribution in [2.75, 3.05) is 19.6 Å². The maximum absolute atomic E-state index is 11.2. The molecule has 4 rings (SSSR count). The quantitative estimate of drug-likeness (QED) is 0.646. The maximum atomic E-state index is 11.2. The molecule has 0 aromatic heterocycles. The number of carbonyl (C=O) groups is 1. The van der Waals surface area contributed by atoms with Gasteiger partial charge in [-0.2, -0.15) is 0 Å². The fourth-order valence-electron chi connectivity index (χ4n) is 3.72. The fourth-order valence-corrected chi connectivity index (χ4v) is 3.72. The first-order chi connectivity index (χ1) is 7.27. The van der Waals surface area contributed by atoms with Crippen molar-refractivity contribution in [3.05, 3.63) is 0 Å². The largest absolute Gasteiger partial charge is 0.481 e. The first-order valence-electron chi connectivity index (χ1n) is 5.97. The van der Waals surface area contributed by atoms with Gasteiger partial charge in [0, 0.05) is 12.1 Å². The molecule has 2 bridgehead atoms. The number of hydrogen-bond acceptors (Lipinski definition) is 3. The lowest BCUT2D eigenvalue weighted by atomic mass is 9.71. The first kappa shape index (κ1) is 9.60. The monoisotopic (exact) mass is 210 g/mol. The SMILES string of the molecule is O=C(O)C1CCNC2C3CCN(CC3)C12. The number of carboxylic acids is 1. The van der Waals surface area contributed by atoms with Gasteiger partial charge in [0.15, 0.2) is 0 Å². The Morgan fingerprint density at radius 3 is 2.67 bits per heavy atom. The Balaban J connectivity index is 1.87. The Bertz CT molecular complexity index is 274. The fraction of sp³-hybridized carbons (Fsp3) is 0.909. The maximum Gasteiger partial charge on any atom is 0.308 e. The van der Waals surface area contributed by atoms with Gasteiger partial charge in [-0.3, -0.25) is 9.69 Å². The van der Waals surface area contributed by atoms with Crippen molar-refractivity contribution >= 4 is 5.97 Å². The number of nitrogens with one attached hydrogen (secondary N) is 1. The molecule has 2 N–H and O–H groups in total. The van der Waals surface area contributed by atoms with E-state index in [-0.39, 0.29) is 12.0 Å². The number of piperidine rings is 4. The molecule has 4 nitrogen and oxygen atoms in total. The van der Waals surface area contributed by atoms with Crippen molar-refractivity contribution in [2.45, 2.75) is 31.3 Å². The van der Waals surface area contributed by atoms with E-state index in [1.165, 1.54) is 12.8 Å². The van der Waals surface area contributed by atoms with Crippen molar-refractivity contribution in [2.24, 2.45) is 11.8 Å². The minimum atomic E-state index is -0.598. The van der Waals surface area contributed by atoms with Gasteiger partial charge >= 0.3 is 5.97 Å². The zero-order valence-electron chi connectivity index (χ0n) is 8.85. The van der Waals surface area contributed by atoms with Crippen molar-refractivity contribution < 1.29 is 9.90 Å². The van der Waals surface area contributed by atoms with Gasteiger partial charge in [-0.05, 0) is 44.8 Å². The van der Waals surface area contributed by atoms with Crippen molar-refractivity contribution in [1.82, 2.24) is 10.2 Å². The second-order valence-electron chi connectivity index (χ2n) is 5.08. The molecule has 3 unspecified atom stereocenters. The lowest BCUT2D eigenvalue weighted by Crippen LogP contribution is -2.68. The van der Waals surface area contributed by atoms with Crippen LogP contribution in [0.5, 0.6) is 0 Å². The standard InChI is InChI=1S/C11H18N2O2/c14-11(15)8-1-4-12-9-7-2-5-13(6-3-7)10(8)9/h7-10,12H,1-6H2,(H,14,15). The molecule has 4 aliphatic rings. The van der Waals surface area contributed by atoms with Crippen molar-refractivity contribution in [3.8, 4) is 0 Å². The zero-order valence-corrected chi connectivity index (χ0v) is 8.85. The van der Waals surface area contributed by atoms with Crippen molar-refractivity contribution in [1.29, 1.82) is 0 Å². The highest BCUT2D eigenvalue weighted by Gasteiger charge is 2.49. The van der Waals surface area contributed by atoms with Crippen LogP contribution in [0.1, 0.15) is 19.3 Å². The van der Waals surface area contributed by atoms with Gasteiger partial charge in [0.2, 0.25) is 0 Å². The topological polar surface area (TPSA) is 52.6 Å². The summed E-state index contributed by atoms with van der Waals surface area (Å²) >= 11 is 0. The third-order valence-electron chi connectivity index (χ3n) is 4.44. The molecular weight excluding hydrogens is 192 g/mol. The highest BCUT2D eigenvalue weighted by atomic mass is 16.4. The number of rotatable bonds is 1. The number of aliphatic carboxylic acids is 1. The summed E-state index contributed by atoms with van der Waals surface area (Å²) in [6.07, 6.45) is 3.29. The second kappa shape index (κ2) is 3.46. The third-order valence-corrected chi connectivity index (χ3v) is 4.44. The average molecular weight is 210 g/mol. The van der Waals surface area contributed by atoms with Gasteiger partial charge in [0.05, 0.1) is 5.92 Å². The second-order valence-corrected chi connectivity index (χ2v) is 5.08. The molecule has 4 heteroatoms. The Hall–Kier alpha value is -0.610. The Labute approximate surface area is 89.6 Å². The van der Waals surface area contributed by atoms with Gasteiger partial charge in [0.1, 0.15) is 0 Å². The minimum Gasteiger partial charge on any atom is -0.481 e. The van der Waals surface area contributed by atoms with Crippen LogP contribution < -0.4 is 5.32 Å². The smallest absolute Gasteiger partial charge is 0.308 e. The number of nitrogens with zero attached hydrogens (tertiary/aromatic N) is 1. The number of carboxylic acid groups (broad SMARTS) is 1. The molecule has 0 aromatic carbocycles. The summed E-state index contributed by atoms with van der Waals surface area (Å²) < 4.78 is 0. The van der Waals surface area contributed by atoms with Crippen LogP contribution in [0, 0.1) is 11.8 Å². The molecule has 0 radical (unpaired) electrons. The number of fused-ring (bicyclic) bond motifs is 2. The molecule has 0 spiro atoms. The van der Waals surface area contributed by atoms with E-state index in [1.54, 1.807) is 0 Å². The summed E-state index contributed by atoms with van der Waals surface area (Å²) in [6.45, 7) is 3.09. The Kier molecular flexibility index (Phi) is 2.21. The van der Waals surface area contributed by atoms with Crippen LogP contribution in [0.2, 0.25) is 0 Å². The average Bonchev–Trinajstić information content (AvgIpc) is 2.30. The van der Waals surface area contributed by atoms with Crippen LogP contribution in [0.3, 0.4) is 0 Å². The van der Waals surface area contributed by atoms with Crippen LogP contribution in [-0.2, 0) is 4.79 Å². The third kappa shape index (κ3) is 1.39. The normalized spacial score (nSPS) is 48.7. The lowest BCUT2D eigenvalue weighted by Gasteiger charge is -2.55. The van der Waals surface area contributed by atoms with E-state index in [1.807, 2.05) is 0 Å². The van der Waals surface area contributed by atoms with Gasteiger partial charge in [-0.25, -0.2) is 0 Å². The van der Waals surface area contributed by atoms with E-state index in [4.69, 9.17) is 0 Å². The van der Waals surface area contributed by atoms with Crippen LogP contribution in [0.4, 0.5) is 0 Å². The Morgan fingerprint density at radius 2 is 2.00 bits per heavy atom. The molecule has 0 aliphatic carbocycles. The molecule has 0 saturated carbocycles. The molecule has 4 fully saturated rings. The van der Waals surface area contributed by atoms with Gasteiger partial charge < -0.3 is 10.4 Å². The van der Waals surface area contributed by atoms with E-state index < -0.39 is 5.97 Å². The van der Waals surface area contributed by atoms with Crippen LogP contribution in [0.25, 0.3) is 0 Å².